The molecule has 2 aromatic carbocycles. The second-order valence-electron chi connectivity index (χ2n) is 6.36. The van der Waals surface area contributed by atoms with Gasteiger partial charge in [0.05, 0.1) is 16.5 Å². The van der Waals surface area contributed by atoms with Crippen LogP contribution in [0.4, 0.5) is 0 Å². The van der Waals surface area contributed by atoms with Gasteiger partial charge < -0.3 is 9.64 Å². The molecular formula is C19H20ClNO4S. The smallest absolute Gasteiger partial charge is 0.260 e. The van der Waals surface area contributed by atoms with Crippen LogP contribution in [0.1, 0.15) is 6.42 Å². The van der Waals surface area contributed by atoms with Gasteiger partial charge in [0.25, 0.3) is 5.91 Å². The molecule has 1 unspecified atom stereocenters. The van der Waals surface area contributed by atoms with Crippen molar-refractivity contribution in [3.05, 3.63) is 53.6 Å². The van der Waals surface area contributed by atoms with Crippen molar-refractivity contribution >= 4 is 27.3 Å². The average Bonchev–Trinajstić information content (AvgIpc) is 3.00. The van der Waals surface area contributed by atoms with E-state index in [4.69, 9.17) is 16.3 Å². The fourth-order valence-corrected chi connectivity index (χ4v) is 4.96. The van der Waals surface area contributed by atoms with Gasteiger partial charge in [-0.2, -0.15) is 0 Å². The fourth-order valence-electron chi connectivity index (χ4n) is 2.95. The number of amides is 1. The summed E-state index contributed by atoms with van der Waals surface area (Å²) in [5, 5.41) is 0.422. The molecule has 5 nitrogen and oxygen atoms in total. The number of ether oxygens (including phenoxy) is 1. The van der Waals surface area contributed by atoms with E-state index in [9.17, 15) is 13.2 Å². The van der Waals surface area contributed by atoms with Gasteiger partial charge in [0, 0.05) is 13.1 Å². The highest BCUT2D eigenvalue weighted by Crippen LogP contribution is 2.30. The molecule has 1 heterocycles. The summed E-state index contributed by atoms with van der Waals surface area (Å²) in [4.78, 5) is 13.7. The van der Waals surface area contributed by atoms with Crippen LogP contribution in [0.25, 0.3) is 11.1 Å². The first-order chi connectivity index (χ1) is 12.4. The molecule has 3 rings (SSSR count). The number of sulfone groups is 1. The van der Waals surface area contributed by atoms with E-state index in [1.54, 1.807) is 19.2 Å². The third kappa shape index (κ3) is 4.37. The zero-order valence-corrected chi connectivity index (χ0v) is 16.0. The molecule has 0 radical (unpaired) electrons. The Kier molecular flexibility index (Phi) is 5.53. The number of likely N-dealkylation sites (N-methyl/N-ethyl adjacent to an activating group) is 1. The van der Waals surface area contributed by atoms with Gasteiger partial charge in [-0.1, -0.05) is 48.0 Å². The highest BCUT2D eigenvalue weighted by Gasteiger charge is 2.32. The fraction of sp³-hybridized carbons (Fsp3) is 0.316. The quantitative estimate of drug-likeness (QED) is 0.783. The lowest BCUT2D eigenvalue weighted by atomic mass is 10.1. The Morgan fingerprint density at radius 3 is 2.54 bits per heavy atom. The van der Waals surface area contributed by atoms with E-state index in [0.717, 1.165) is 11.1 Å². The summed E-state index contributed by atoms with van der Waals surface area (Å²) >= 11 is 6.28. The zero-order chi connectivity index (χ0) is 18.7. The standard InChI is InChI=1S/C19H20ClNO4S/c1-21(16-9-10-26(23,24)13-16)19(22)12-25-18-8-7-15(11-17(18)20)14-5-3-2-4-6-14/h2-8,11,16H,9-10,12-13H2,1H3. The van der Waals surface area contributed by atoms with Gasteiger partial charge in [0.1, 0.15) is 5.75 Å². The maximum Gasteiger partial charge on any atom is 0.260 e. The molecular weight excluding hydrogens is 374 g/mol. The third-order valence-electron chi connectivity index (χ3n) is 4.54. The van der Waals surface area contributed by atoms with Crippen molar-refractivity contribution in [2.24, 2.45) is 0 Å². The highest BCUT2D eigenvalue weighted by atomic mass is 35.5. The Bertz CT molecular complexity index is 899. The van der Waals surface area contributed by atoms with Crippen LogP contribution < -0.4 is 4.74 Å². The van der Waals surface area contributed by atoms with Crippen molar-refractivity contribution in [1.82, 2.24) is 4.90 Å². The second kappa shape index (κ2) is 7.68. The second-order valence-corrected chi connectivity index (χ2v) is 9.00. The van der Waals surface area contributed by atoms with Crippen molar-refractivity contribution in [3.63, 3.8) is 0 Å². The Balaban J connectivity index is 1.62. The van der Waals surface area contributed by atoms with Gasteiger partial charge >= 0.3 is 0 Å². The topological polar surface area (TPSA) is 63.7 Å². The van der Waals surface area contributed by atoms with Crippen molar-refractivity contribution in [2.45, 2.75) is 12.5 Å². The number of hydrogen-bond acceptors (Lipinski definition) is 4. The average molecular weight is 394 g/mol. The van der Waals surface area contributed by atoms with E-state index in [0.29, 0.717) is 17.2 Å². The van der Waals surface area contributed by atoms with Gasteiger partial charge in [-0.05, 0) is 29.7 Å². The Hall–Kier alpha value is -2.05. The first-order valence-corrected chi connectivity index (χ1v) is 10.5. The first kappa shape index (κ1) is 18.7. The molecule has 26 heavy (non-hydrogen) atoms. The van der Waals surface area contributed by atoms with Crippen LogP contribution in [0, 0.1) is 0 Å². The minimum Gasteiger partial charge on any atom is -0.482 e. The molecule has 2 aromatic rings. The Labute approximate surface area is 158 Å². The number of hydrogen-bond donors (Lipinski definition) is 0. The summed E-state index contributed by atoms with van der Waals surface area (Å²) in [6.45, 7) is -0.183. The van der Waals surface area contributed by atoms with E-state index in [-0.39, 0.29) is 30.1 Å². The van der Waals surface area contributed by atoms with Crippen LogP contribution >= 0.6 is 11.6 Å². The molecule has 138 valence electrons. The van der Waals surface area contributed by atoms with Gasteiger partial charge in [0.15, 0.2) is 16.4 Å². The van der Waals surface area contributed by atoms with Crippen LogP contribution in [0.3, 0.4) is 0 Å². The molecule has 1 amide bonds. The lowest BCUT2D eigenvalue weighted by molar-refractivity contribution is -0.133. The summed E-state index contributed by atoms with van der Waals surface area (Å²) in [5.74, 6) is 0.299. The van der Waals surface area contributed by atoms with Crippen molar-refractivity contribution in [1.29, 1.82) is 0 Å². The minimum atomic E-state index is -3.03. The number of rotatable bonds is 5. The number of carbonyl (C=O) groups is 1. The predicted octanol–water partition coefficient (Wildman–Crippen LogP) is 3.03. The lowest BCUT2D eigenvalue weighted by Gasteiger charge is -2.23. The van der Waals surface area contributed by atoms with E-state index in [1.807, 2.05) is 36.4 Å². The molecule has 0 N–H and O–H groups in total. The van der Waals surface area contributed by atoms with Crippen molar-refractivity contribution in [3.8, 4) is 16.9 Å². The normalized spacial score (nSPS) is 18.5. The molecule has 1 saturated heterocycles. The molecule has 1 aliphatic rings. The molecule has 0 aliphatic carbocycles. The molecule has 1 aliphatic heterocycles. The molecule has 1 atom stereocenters. The largest absolute Gasteiger partial charge is 0.482 e. The van der Waals surface area contributed by atoms with Crippen LogP contribution in [0.2, 0.25) is 5.02 Å². The van der Waals surface area contributed by atoms with Gasteiger partial charge in [0.2, 0.25) is 0 Å². The summed E-state index contributed by atoms with van der Waals surface area (Å²) in [6, 6.07) is 14.9. The van der Waals surface area contributed by atoms with Crippen LogP contribution in [0.15, 0.2) is 48.5 Å². The van der Waals surface area contributed by atoms with E-state index in [2.05, 4.69) is 0 Å². The first-order valence-electron chi connectivity index (χ1n) is 8.29. The zero-order valence-electron chi connectivity index (χ0n) is 14.4. The number of benzene rings is 2. The van der Waals surface area contributed by atoms with Crippen molar-refractivity contribution in [2.75, 3.05) is 25.2 Å². The summed E-state index contributed by atoms with van der Waals surface area (Å²) in [6.07, 6.45) is 0.469. The van der Waals surface area contributed by atoms with E-state index < -0.39 is 9.84 Å². The SMILES string of the molecule is CN(C(=O)COc1ccc(-c2ccccc2)cc1Cl)C1CCS(=O)(=O)C1. The van der Waals surface area contributed by atoms with Crippen LogP contribution in [0.5, 0.6) is 5.75 Å². The maximum absolute atomic E-state index is 12.3. The molecule has 7 heteroatoms. The number of nitrogens with zero attached hydrogens (tertiary/aromatic N) is 1. The Morgan fingerprint density at radius 1 is 1.19 bits per heavy atom. The van der Waals surface area contributed by atoms with Crippen molar-refractivity contribution < 1.29 is 17.9 Å². The van der Waals surface area contributed by atoms with E-state index in [1.165, 1.54) is 4.90 Å². The molecule has 0 saturated carbocycles. The molecule has 0 aromatic heterocycles. The summed E-state index contributed by atoms with van der Waals surface area (Å²) in [5.41, 5.74) is 2.00. The van der Waals surface area contributed by atoms with Gasteiger partial charge in [-0.3, -0.25) is 4.79 Å². The minimum absolute atomic E-state index is 0.0156. The third-order valence-corrected chi connectivity index (χ3v) is 6.59. The molecule has 1 fully saturated rings. The summed E-state index contributed by atoms with van der Waals surface area (Å²) in [7, 11) is -1.43. The monoisotopic (exact) mass is 393 g/mol. The Morgan fingerprint density at radius 2 is 1.92 bits per heavy atom. The summed E-state index contributed by atoms with van der Waals surface area (Å²) < 4.78 is 28.7. The maximum atomic E-state index is 12.3. The van der Waals surface area contributed by atoms with Gasteiger partial charge in [-0.15, -0.1) is 0 Å². The van der Waals surface area contributed by atoms with E-state index >= 15 is 0 Å². The highest BCUT2D eigenvalue weighted by molar-refractivity contribution is 7.91. The van der Waals surface area contributed by atoms with Gasteiger partial charge in [-0.25, -0.2) is 8.42 Å². The molecule has 0 spiro atoms. The predicted molar refractivity (Wildman–Crippen MR) is 102 cm³/mol. The molecule has 0 bridgehead atoms. The lowest BCUT2D eigenvalue weighted by Crippen LogP contribution is -2.40. The number of carbonyl (C=O) groups excluding carboxylic acids is 1. The van der Waals surface area contributed by atoms with Crippen LogP contribution in [-0.2, 0) is 14.6 Å². The van der Waals surface area contributed by atoms with Crippen LogP contribution in [-0.4, -0.2) is 50.4 Å². The number of halogens is 1.